The number of aromatic nitrogens is 1. The fourth-order valence-electron chi connectivity index (χ4n) is 2.59. The number of carbonyl (C=O) groups is 2. The van der Waals surface area contributed by atoms with Crippen LogP contribution in [0.15, 0.2) is 78.0 Å². The first-order valence-corrected chi connectivity index (χ1v) is 9.97. The third-order valence-electron chi connectivity index (χ3n) is 4.17. The van der Waals surface area contributed by atoms with Crippen LogP contribution in [0.2, 0.25) is 5.02 Å². The van der Waals surface area contributed by atoms with E-state index in [2.05, 4.69) is 20.6 Å². The summed E-state index contributed by atoms with van der Waals surface area (Å²) in [6.07, 6.45) is 3.36. The summed E-state index contributed by atoms with van der Waals surface area (Å²) in [7, 11) is 0. The molecule has 0 spiro atoms. The van der Waals surface area contributed by atoms with Crippen molar-refractivity contribution >= 4 is 35.1 Å². The van der Waals surface area contributed by atoms with Crippen LogP contribution in [0.5, 0.6) is 0 Å². The Morgan fingerprint density at radius 2 is 1.61 bits per heavy atom. The monoisotopic (exact) mass is 436 g/mol. The molecule has 0 aliphatic heterocycles. The first kappa shape index (κ1) is 22.0. The number of guanidine groups is 1. The quantitative estimate of drug-likeness (QED) is 0.341. The minimum absolute atomic E-state index is 0.264. The van der Waals surface area contributed by atoms with Crippen LogP contribution in [0, 0.1) is 0 Å². The van der Waals surface area contributed by atoms with Gasteiger partial charge < -0.3 is 10.1 Å². The Hall–Kier alpha value is -3.71. The van der Waals surface area contributed by atoms with Gasteiger partial charge in [0, 0.05) is 28.7 Å². The largest absolute Gasteiger partial charge is 0.462 e. The molecule has 0 aliphatic carbocycles. The SMILES string of the molecule is CCOC(=O)c1ccc(NC(=NCc2ccncc2)NC(=O)c2ccc(Cl)cc2)cc1. The first-order valence-electron chi connectivity index (χ1n) is 9.59. The summed E-state index contributed by atoms with van der Waals surface area (Å²) < 4.78 is 4.99. The zero-order valence-electron chi connectivity index (χ0n) is 16.8. The molecule has 3 rings (SSSR count). The summed E-state index contributed by atoms with van der Waals surface area (Å²) in [5.41, 5.74) is 2.47. The Labute approximate surface area is 185 Å². The lowest BCUT2D eigenvalue weighted by Gasteiger charge is -2.12. The number of nitrogens with zero attached hydrogens (tertiary/aromatic N) is 2. The highest BCUT2D eigenvalue weighted by molar-refractivity contribution is 6.30. The molecular formula is C23H21ClN4O3. The van der Waals surface area contributed by atoms with Crippen molar-refractivity contribution in [1.29, 1.82) is 0 Å². The maximum absolute atomic E-state index is 12.6. The number of rotatable bonds is 6. The molecule has 158 valence electrons. The average molecular weight is 437 g/mol. The van der Waals surface area contributed by atoms with Crippen LogP contribution in [0.25, 0.3) is 0 Å². The first-order chi connectivity index (χ1) is 15.0. The van der Waals surface area contributed by atoms with E-state index in [4.69, 9.17) is 16.3 Å². The lowest BCUT2D eigenvalue weighted by molar-refractivity contribution is 0.0526. The second-order valence-corrected chi connectivity index (χ2v) is 6.84. The van der Waals surface area contributed by atoms with Crippen LogP contribution in [0.3, 0.4) is 0 Å². The Bertz CT molecular complexity index is 1050. The molecule has 0 fully saturated rings. The molecule has 0 saturated carbocycles. The van der Waals surface area contributed by atoms with Crippen LogP contribution < -0.4 is 10.6 Å². The zero-order chi connectivity index (χ0) is 22.1. The minimum Gasteiger partial charge on any atom is -0.462 e. The number of amides is 1. The number of carbonyl (C=O) groups excluding carboxylic acids is 2. The second kappa shape index (κ2) is 10.9. The van der Waals surface area contributed by atoms with Crippen LogP contribution in [0.4, 0.5) is 5.69 Å². The van der Waals surface area contributed by atoms with Crippen molar-refractivity contribution in [3.8, 4) is 0 Å². The Balaban J connectivity index is 1.77. The molecule has 0 atom stereocenters. The van der Waals surface area contributed by atoms with Gasteiger partial charge in [0.1, 0.15) is 0 Å². The van der Waals surface area contributed by atoms with Gasteiger partial charge in [0.05, 0.1) is 18.7 Å². The van der Waals surface area contributed by atoms with Gasteiger partial charge >= 0.3 is 5.97 Å². The molecule has 31 heavy (non-hydrogen) atoms. The van der Waals surface area contributed by atoms with Gasteiger partial charge in [-0.2, -0.15) is 0 Å². The Morgan fingerprint density at radius 3 is 2.26 bits per heavy atom. The van der Waals surface area contributed by atoms with Crippen molar-refractivity contribution in [2.24, 2.45) is 4.99 Å². The van der Waals surface area contributed by atoms with E-state index >= 15 is 0 Å². The third kappa shape index (κ3) is 6.65. The van der Waals surface area contributed by atoms with Gasteiger partial charge in [-0.1, -0.05) is 11.6 Å². The molecule has 7 nitrogen and oxygen atoms in total. The molecule has 1 amide bonds. The number of anilines is 1. The van der Waals surface area contributed by atoms with Crippen LogP contribution >= 0.6 is 11.6 Å². The van der Waals surface area contributed by atoms with Crippen LogP contribution in [0.1, 0.15) is 33.2 Å². The fourth-order valence-corrected chi connectivity index (χ4v) is 2.72. The van der Waals surface area contributed by atoms with E-state index in [-0.39, 0.29) is 11.9 Å². The number of hydrogen-bond acceptors (Lipinski definition) is 5. The second-order valence-electron chi connectivity index (χ2n) is 6.40. The van der Waals surface area contributed by atoms with Gasteiger partial charge in [-0.15, -0.1) is 0 Å². The third-order valence-corrected chi connectivity index (χ3v) is 4.42. The maximum Gasteiger partial charge on any atom is 0.338 e. The van der Waals surface area contributed by atoms with Crippen molar-refractivity contribution in [3.05, 3.63) is 94.8 Å². The number of pyridine rings is 1. The van der Waals surface area contributed by atoms with E-state index < -0.39 is 5.97 Å². The van der Waals surface area contributed by atoms with E-state index in [1.54, 1.807) is 67.8 Å². The molecule has 8 heteroatoms. The van der Waals surface area contributed by atoms with Crippen LogP contribution in [-0.4, -0.2) is 29.4 Å². The summed E-state index contributed by atoms with van der Waals surface area (Å²) in [6, 6.07) is 16.9. The van der Waals surface area contributed by atoms with Crippen molar-refractivity contribution in [2.75, 3.05) is 11.9 Å². The number of halogens is 1. The molecule has 3 aromatic rings. The molecule has 0 saturated heterocycles. The van der Waals surface area contributed by atoms with E-state index in [1.807, 2.05) is 12.1 Å². The normalized spacial score (nSPS) is 11.0. The van der Waals surface area contributed by atoms with E-state index in [0.29, 0.717) is 35.0 Å². The molecule has 2 aromatic carbocycles. The summed E-state index contributed by atoms with van der Waals surface area (Å²) in [6.45, 7) is 2.40. The summed E-state index contributed by atoms with van der Waals surface area (Å²) in [5, 5.41) is 6.41. The lowest BCUT2D eigenvalue weighted by Crippen LogP contribution is -2.36. The van der Waals surface area contributed by atoms with Gasteiger partial charge in [0.2, 0.25) is 5.96 Å². The topological polar surface area (TPSA) is 92.7 Å². The van der Waals surface area contributed by atoms with E-state index in [1.165, 1.54) is 0 Å². The van der Waals surface area contributed by atoms with Gasteiger partial charge in [-0.05, 0) is 73.2 Å². The predicted octanol–water partition coefficient (Wildman–Crippen LogP) is 4.31. The molecule has 0 radical (unpaired) electrons. The molecule has 1 aromatic heterocycles. The molecule has 1 heterocycles. The number of esters is 1. The highest BCUT2D eigenvalue weighted by Crippen LogP contribution is 2.12. The molecular weight excluding hydrogens is 416 g/mol. The van der Waals surface area contributed by atoms with Crippen molar-refractivity contribution in [2.45, 2.75) is 13.5 Å². The maximum atomic E-state index is 12.6. The highest BCUT2D eigenvalue weighted by Gasteiger charge is 2.11. The Morgan fingerprint density at radius 1 is 0.968 bits per heavy atom. The van der Waals surface area contributed by atoms with Crippen molar-refractivity contribution < 1.29 is 14.3 Å². The van der Waals surface area contributed by atoms with Crippen molar-refractivity contribution in [3.63, 3.8) is 0 Å². The van der Waals surface area contributed by atoms with Gasteiger partial charge in [-0.3, -0.25) is 15.1 Å². The van der Waals surface area contributed by atoms with Gasteiger partial charge in [-0.25, -0.2) is 9.79 Å². The minimum atomic E-state index is -0.392. The standard InChI is InChI=1S/C23H21ClN4O3/c1-2-31-22(30)18-5-9-20(10-6-18)27-23(26-15-16-11-13-25-14-12-16)28-21(29)17-3-7-19(24)8-4-17/h3-14H,2,15H2,1H3,(H2,26,27,28,29). The zero-order valence-corrected chi connectivity index (χ0v) is 17.6. The van der Waals surface area contributed by atoms with Crippen molar-refractivity contribution in [1.82, 2.24) is 10.3 Å². The molecule has 0 aliphatic rings. The number of hydrogen-bond donors (Lipinski definition) is 2. The number of nitrogens with one attached hydrogen (secondary N) is 2. The summed E-state index contributed by atoms with van der Waals surface area (Å²) in [5.74, 6) is -0.460. The Kier molecular flexibility index (Phi) is 7.73. The van der Waals surface area contributed by atoms with Crippen LogP contribution in [-0.2, 0) is 11.3 Å². The molecule has 0 unspecified atom stereocenters. The predicted molar refractivity (Wildman–Crippen MR) is 120 cm³/mol. The highest BCUT2D eigenvalue weighted by atomic mass is 35.5. The number of aliphatic imine (C=N–C) groups is 1. The van der Waals surface area contributed by atoms with E-state index in [9.17, 15) is 9.59 Å². The van der Waals surface area contributed by atoms with Gasteiger partial charge in [0.15, 0.2) is 0 Å². The van der Waals surface area contributed by atoms with E-state index in [0.717, 1.165) is 5.56 Å². The van der Waals surface area contributed by atoms with Gasteiger partial charge in [0.25, 0.3) is 5.91 Å². The average Bonchev–Trinajstić information content (AvgIpc) is 2.79. The smallest absolute Gasteiger partial charge is 0.338 e. The molecule has 2 N–H and O–H groups in total. The lowest BCUT2D eigenvalue weighted by atomic mass is 10.2. The summed E-state index contributed by atoms with van der Waals surface area (Å²) in [4.78, 5) is 32.9. The molecule has 0 bridgehead atoms. The number of benzene rings is 2. The summed E-state index contributed by atoms with van der Waals surface area (Å²) >= 11 is 5.90. The fraction of sp³-hybridized carbons (Fsp3) is 0.130. The number of ether oxygens (including phenoxy) is 1.